The summed E-state index contributed by atoms with van der Waals surface area (Å²) in [7, 11) is 0. The lowest BCUT2D eigenvalue weighted by Crippen LogP contribution is -2.36. The Bertz CT molecular complexity index is 1280. The number of rotatable bonds is 7. The van der Waals surface area contributed by atoms with E-state index in [1.165, 1.54) is 6.20 Å². The van der Waals surface area contributed by atoms with Crippen LogP contribution < -0.4 is 16.4 Å². The Hall–Kier alpha value is -3.86. The fourth-order valence-corrected chi connectivity index (χ4v) is 4.11. The predicted molar refractivity (Wildman–Crippen MR) is 135 cm³/mol. The maximum atomic E-state index is 12.3. The number of aliphatic imine (C=N–C) groups is 1. The third-order valence-corrected chi connectivity index (χ3v) is 6.01. The number of nitrogens with zero attached hydrogens (tertiary/aromatic N) is 4. The van der Waals surface area contributed by atoms with Crippen molar-refractivity contribution in [2.24, 2.45) is 10.7 Å². The van der Waals surface area contributed by atoms with Crippen LogP contribution in [-0.4, -0.2) is 64.9 Å². The minimum Gasteiger partial charge on any atom is -0.404 e. The Morgan fingerprint density at radius 1 is 1.31 bits per heavy atom. The molecule has 4 N–H and O–H groups in total. The smallest absolute Gasteiger partial charge is 0.404 e. The van der Waals surface area contributed by atoms with Crippen LogP contribution in [0.4, 0.5) is 23.7 Å². The number of nitrogens with one attached hydrogen (secondary N) is 2. The van der Waals surface area contributed by atoms with Gasteiger partial charge in [-0.15, -0.1) is 0 Å². The third kappa shape index (κ3) is 6.22. The first-order valence-corrected chi connectivity index (χ1v) is 11.6. The fraction of sp³-hybridized carbons (Fsp3) is 0.320. The van der Waals surface area contributed by atoms with Crippen LogP contribution in [0.2, 0.25) is 0 Å². The van der Waals surface area contributed by atoms with Gasteiger partial charge in [-0.1, -0.05) is 19.1 Å². The Labute approximate surface area is 206 Å². The molecule has 2 amide bonds. The summed E-state index contributed by atoms with van der Waals surface area (Å²) in [5.74, 6) is 0. The summed E-state index contributed by atoms with van der Waals surface area (Å²) in [6, 6.07) is 9.96. The lowest BCUT2D eigenvalue weighted by Gasteiger charge is -2.11. The Balaban J connectivity index is 1.49. The SMILES string of the molecule is CCN1CCC(N=CC(=CN)c2ccn3c(-c4cccc(NC(=O)NCC(F)(F)F)c4)cnc3c2)C1. The van der Waals surface area contributed by atoms with Gasteiger partial charge in [0.25, 0.3) is 0 Å². The molecule has 190 valence electrons. The van der Waals surface area contributed by atoms with Gasteiger partial charge in [-0.3, -0.25) is 9.39 Å². The predicted octanol–water partition coefficient (Wildman–Crippen LogP) is 4.15. The van der Waals surface area contributed by atoms with E-state index < -0.39 is 18.8 Å². The van der Waals surface area contributed by atoms with Gasteiger partial charge in [0.05, 0.1) is 17.9 Å². The highest BCUT2D eigenvalue weighted by atomic mass is 19.4. The van der Waals surface area contributed by atoms with Crippen LogP contribution >= 0.6 is 0 Å². The van der Waals surface area contributed by atoms with Crippen LogP contribution in [0.15, 0.2) is 60.0 Å². The number of fused-ring (bicyclic) bond motifs is 1. The molecule has 1 aliphatic heterocycles. The molecule has 1 aliphatic rings. The number of allylic oxidation sites excluding steroid dienone is 1. The molecule has 1 unspecified atom stereocenters. The lowest BCUT2D eigenvalue weighted by atomic mass is 10.1. The Morgan fingerprint density at radius 2 is 2.14 bits per heavy atom. The number of hydrogen-bond donors (Lipinski definition) is 3. The van der Waals surface area contributed by atoms with E-state index >= 15 is 0 Å². The maximum absolute atomic E-state index is 12.3. The van der Waals surface area contributed by atoms with Crippen molar-refractivity contribution < 1.29 is 18.0 Å². The second-order valence-electron chi connectivity index (χ2n) is 8.53. The van der Waals surface area contributed by atoms with Crippen LogP contribution in [0.3, 0.4) is 0 Å². The number of nitrogens with two attached hydrogens (primary N) is 1. The topological polar surface area (TPSA) is 100 Å². The number of carbonyl (C=O) groups is 1. The number of likely N-dealkylation sites (N-methyl/N-ethyl adjacent to an activating group) is 1. The first-order valence-electron chi connectivity index (χ1n) is 11.6. The normalized spacial score (nSPS) is 17.2. The maximum Gasteiger partial charge on any atom is 0.405 e. The standard InChI is InChI=1S/C25H28F3N7O/c1-2-34-8-7-21(15-34)30-13-19(12-29)17-6-9-35-22(14-31-23(35)11-17)18-4-3-5-20(10-18)33-24(36)32-16-25(26,27)28/h3-6,9-14,21H,2,7-8,15-16,29H2,1H3,(H2,32,33,36). The van der Waals surface area contributed by atoms with Gasteiger partial charge < -0.3 is 21.3 Å². The molecule has 2 aromatic heterocycles. The fourth-order valence-electron chi connectivity index (χ4n) is 4.11. The number of benzene rings is 1. The molecule has 0 aliphatic carbocycles. The Kier molecular flexibility index (Phi) is 7.58. The van der Waals surface area contributed by atoms with E-state index in [4.69, 9.17) is 10.7 Å². The van der Waals surface area contributed by atoms with Crippen molar-refractivity contribution in [3.8, 4) is 11.3 Å². The van der Waals surface area contributed by atoms with Crippen molar-refractivity contribution in [1.29, 1.82) is 0 Å². The van der Waals surface area contributed by atoms with Crippen LogP contribution in [-0.2, 0) is 0 Å². The van der Waals surface area contributed by atoms with Gasteiger partial charge in [0.15, 0.2) is 0 Å². The van der Waals surface area contributed by atoms with Crippen LogP contribution in [0.25, 0.3) is 22.5 Å². The minimum atomic E-state index is -4.48. The van der Waals surface area contributed by atoms with E-state index in [1.54, 1.807) is 29.7 Å². The van der Waals surface area contributed by atoms with Crippen LogP contribution in [0, 0.1) is 0 Å². The van der Waals surface area contributed by atoms with Gasteiger partial charge in [-0.25, -0.2) is 9.78 Å². The zero-order valence-corrected chi connectivity index (χ0v) is 19.8. The van der Waals surface area contributed by atoms with Gasteiger partial charge in [0.2, 0.25) is 0 Å². The number of aromatic nitrogens is 2. The van der Waals surface area contributed by atoms with Crippen LogP contribution in [0.5, 0.6) is 0 Å². The molecule has 1 saturated heterocycles. The van der Waals surface area contributed by atoms with Gasteiger partial charge in [0, 0.05) is 48.5 Å². The highest BCUT2D eigenvalue weighted by Gasteiger charge is 2.27. The molecule has 0 radical (unpaired) electrons. The summed E-state index contributed by atoms with van der Waals surface area (Å²) in [4.78, 5) is 23.4. The number of pyridine rings is 1. The molecule has 1 atom stereocenters. The van der Waals surface area contributed by atoms with E-state index in [1.807, 2.05) is 35.0 Å². The Morgan fingerprint density at radius 3 is 2.86 bits per heavy atom. The number of amides is 2. The van der Waals surface area contributed by atoms with Gasteiger partial charge in [0.1, 0.15) is 12.2 Å². The lowest BCUT2D eigenvalue weighted by molar-refractivity contribution is -0.122. The number of hydrogen-bond acceptors (Lipinski definition) is 5. The minimum absolute atomic E-state index is 0.262. The number of halogens is 3. The van der Waals surface area contributed by atoms with Gasteiger partial charge in [-0.2, -0.15) is 13.2 Å². The number of imidazole rings is 1. The average molecular weight is 500 g/mol. The van der Waals surface area contributed by atoms with Crippen LogP contribution in [0.1, 0.15) is 18.9 Å². The van der Waals surface area contributed by atoms with E-state index in [0.717, 1.165) is 48.4 Å². The quantitative estimate of drug-likeness (QED) is 0.425. The summed E-state index contributed by atoms with van der Waals surface area (Å²) in [5, 5.41) is 4.21. The summed E-state index contributed by atoms with van der Waals surface area (Å²) in [6.45, 7) is 3.77. The summed E-state index contributed by atoms with van der Waals surface area (Å²) in [5.41, 5.74) is 10.1. The zero-order chi connectivity index (χ0) is 25.7. The van der Waals surface area contributed by atoms with E-state index in [9.17, 15) is 18.0 Å². The first-order chi connectivity index (χ1) is 17.3. The molecule has 1 fully saturated rings. The number of urea groups is 1. The molecule has 4 rings (SSSR count). The number of carbonyl (C=O) groups excluding carboxylic acids is 1. The zero-order valence-electron chi connectivity index (χ0n) is 19.8. The summed E-state index contributed by atoms with van der Waals surface area (Å²) >= 11 is 0. The largest absolute Gasteiger partial charge is 0.405 e. The van der Waals surface area contributed by atoms with Crippen molar-refractivity contribution in [3.63, 3.8) is 0 Å². The molecule has 3 heterocycles. The van der Waals surface area contributed by atoms with Crippen molar-refractivity contribution in [2.45, 2.75) is 25.6 Å². The molecular weight excluding hydrogens is 471 g/mol. The molecule has 8 nitrogen and oxygen atoms in total. The number of likely N-dealkylation sites (tertiary alicyclic amines) is 1. The molecule has 36 heavy (non-hydrogen) atoms. The number of anilines is 1. The second-order valence-corrected chi connectivity index (χ2v) is 8.53. The van der Waals surface area contributed by atoms with E-state index in [-0.39, 0.29) is 6.04 Å². The van der Waals surface area contributed by atoms with Gasteiger partial charge >= 0.3 is 12.2 Å². The first kappa shape index (κ1) is 25.2. The van der Waals surface area contributed by atoms with E-state index in [0.29, 0.717) is 11.3 Å². The molecule has 0 bridgehead atoms. The monoisotopic (exact) mass is 499 g/mol. The van der Waals surface area contributed by atoms with Crippen molar-refractivity contribution in [3.05, 3.63) is 60.6 Å². The van der Waals surface area contributed by atoms with Crippen molar-refractivity contribution in [1.82, 2.24) is 19.6 Å². The molecule has 1 aromatic carbocycles. The molecule has 0 saturated carbocycles. The molecule has 0 spiro atoms. The second kappa shape index (κ2) is 10.8. The summed E-state index contributed by atoms with van der Waals surface area (Å²) < 4.78 is 38.9. The molecule has 3 aromatic rings. The molecular formula is C25H28F3N7O. The average Bonchev–Trinajstić information content (AvgIpc) is 3.49. The van der Waals surface area contributed by atoms with Crippen molar-refractivity contribution in [2.75, 3.05) is 31.5 Å². The summed E-state index contributed by atoms with van der Waals surface area (Å²) in [6.07, 6.45) is 3.46. The highest BCUT2D eigenvalue weighted by Crippen LogP contribution is 2.25. The third-order valence-electron chi connectivity index (χ3n) is 6.01. The number of alkyl halides is 3. The molecule has 11 heteroatoms. The van der Waals surface area contributed by atoms with Crippen molar-refractivity contribution >= 4 is 29.2 Å². The van der Waals surface area contributed by atoms with Gasteiger partial charge in [-0.05, 0) is 42.8 Å². The van der Waals surface area contributed by atoms with E-state index in [2.05, 4.69) is 22.1 Å². The highest BCUT2D eigenvalue weighted by molar-refractivity contribution is 6.10.